The fourth-order valence-electron chi connectivity index (χ4n) is 6.98. The lowest BCUT2D eigenvalue weighted by Crippen LogP contribution is -2.60. The number of hydrogen-bond acceptors (Lipinski definition) is 11. The molecule has 12 heteroatoms. The van der Waals surface area contributed by atoms with Gasteiger partial charge in [-0.2, -0.15) is 0 Å². The topological polar surface area (TPSA) is 159 Å². The van der Waals surface area contributed by atoms with Crippen molar-refractivity contribution in [3.05, 3.63) is 30.1 Å². The molecule has 46 heavy (non-hydrogen) atoms. The first-order valence-corrected chi connectivity index (χ1v) is 16.6. The van der Waals surface area contributed by atoms with Crippen molar-refractivity contribution in [2.75, 3.05) is 13.6 Å². The first-order chi connectivity index (χ1) is 21.4. The van der Waals surface area contributed by atoms with E-state index in [1.165, 1.54) is 26.0 Å². The van der Waals surface area contributed by atoms with Crippen LogP contribution in [0.1, 0.15) is 74.7 Å². The number of carbonyl (C=O) groups is 1. The van der Waals surface area contributed by atoms with E-state index >= 15 is 0 Å². The van der Waals surface area contributed by atoms with Crippen molar-refractivity contribution < 1.29 is 48.6 Å². The number of cyclic esters (lactones) is 1. The number of hydrogen-bond donors (Lipinski definition) is 6. The number of benzene rings is 1. The van der Waals surface area contributed by atoms with Crippen molar-refractivity contribution in [1.82, 2.24) is 10.6 Å². The van der Waals surface area contributed by atoms with Crippen LogP contribution in [0.15, 0.2) is 24.3 Å². The van der Waals surface area contributed by atoms with Gasteiger partial charge in [0.1, 0.15) is 29.4 Å². The maximum Gasteiger partial charge on any atom is 0.311 e. The molecule has 0 aromatic heterocycles. The van der Waals surface area contributed by atoms with E-state index in [1.54, 1.807) is 46.9 Å². The van der Waals surface area contributed by atoms with Gasteiger partial charge in [-0.15, -0.1) is 0 Å². The van der Waals surface area contributed by atoms with E-state index in [-0.39, 0.29) is 36.7 Å². The van der Waals surface area contributed by atoms with Gasteiger partial charge in [0, 0.05) is 18.0 Å². The summed E-state index contributed by atoms with van der Waals surface area (Å²) in [7, 11) is 1.79. The zero-order chi connectivity index (χ0) is 34.6. The Morgan fingerprint density at radius 1 is 1.13 bits per heavy atom. The number of likely N-dealkylation sites (N-methyl/N-ethyl adjacent to an activating group) is 1. The minimum absolute atomic E-state index is 0.150. The Labute approximate surface area is 273 Å². The summed E-state index contributed by atoms with van der Waals surface area (Å²) < 4.78 is 38.9. The molecule has 0 spiro atoms. The van der Waals surface area contributed by atoms with E-state index in [4.69, 9.17) is 18.9 Å². The fourth-order valence-corrected chi connectivity index (χ4v) is 6.98. The second-order valence-corrected chi connectivity index (χ2v) is 14.0. The van der Waals surface area contributed by atoms with Gasteiger partial charge in [0.15, 0.2) is 12.4 Å². The lowest BCUT2D eigenvalue weighted by molar-refractivity contribution is -0.290. The molecular weight excluding hydrogens is 599 g/mol. The van der Waals surface area contributed by atoms with E-state index in [9.17, 15) is 29.6 Å². The Hall–Kier alpha value is -1.90. The van der Waals surface area contributed by atoms with Crippen LogP contribution in [0.4, 0.5) is 4.39 Å². The van der Waals surface area contributed by atoms with Crippen LogP contribution >= 0.6 is 0 Å². The van der Waals surface area contributed by atoms with Crippen LogP contribution in [0.25, 0.3) is 0 Å². The molecular formula is C34H57FN2O9. The van der Waals surface area contributed by atoms with E-state index in [0.29, 0.717) is 13.0 Å². The van der Waals surface area contributed by atoms with Gasteiger partial charge in [-0.1, -0.05) is 26.8 Å². The molecule has 2 heterocycles. The summed E-state index contributed by atoms with van der Waals surface area (Å²) in [6.07, 6.45) is -5.75. The third-order valence-electron chi connectivity index (χ3n) is 9.75. The molecule has 0 saturated carbocycles. The van der Waals surface area contributed by atoms with Gasteiger partial charge in [-0.3, -0.25) is 4.79 Å². The normalized spacial score (nSPS) is 43.7. The molecule has 2 saturated heterocycles. The zero-order valence-electron chi connectivity index (χ0n) is 28.8. The zero-order valence-corrected chi connectivity index (χ0v) is 28.8. The van der Waals surface area contributed by atoms with Crippen molar-refractivity contribution in [1.29, 1.82) is 0 Å². The van der Waals surface area contributed by atoms with Gasteiger partial charge >= 0.3 is 5.97 Å². The molecule has 11 nitrogen and oxygen atoms in total. The Morgan fingerprint density at radius 2 is 1.80 bits per heavy atom. The minimum Gasteiger partial charge on any atom is -0.483 e. The van der Waals surface area contributed by atoms with Gasteiger partial charge in [0.2, 0.25) is 0 Å². The number of nitrogens with one attached hydrogen (secondary N) is 2. The van der Waals surface area contributed by atoms with Gasteiger partial charge in [0.25, 0.3) is 0 Å². The van der Waals surface area contributed by atoms with Crippen LogP contribution in [0.3, 0.4) is 0 Å². The standard InChI is InChI=1S/C34H57FN2O9/c1-10-26-34(8,42)29(39)22(6)37-17-18(2)16-33(7,41)30(20(4)27(38)21(5)31(40)45-26)46-32-28(25(36-9)14-19(3)43-32)44-24-13-11-12-23(35)15-24/h11-13,15,18-22,25-30,32,36-39,41-42H,10,14,16-17H2,1-9H3/t18-,19-,20+,21-,22-,25+,26-,27+,28-,29-,30-,32+,33-,34-/m1/s1. The Bertz CT molecular complexity index is 1120. The highest BCUT2D eigenvalue weighted by Gasteiger charge is 2.49. The second kappa shape index (κ2) is 16.0. The first kappa shape index (κ1) is 38.5. The number of aliphatic hydroxyl groups is 4. The number of esters is 1. The average Bonchev–Trinajstić information content (AvgIpc) is 2.99. The van der Waals surface area contributed by atoms with Crippen LogP contribution in [-0.2, 0) is 19.0 Å². The number of ether oxygens (including phenoxy) is 4. The highest BCUT2D eigenvalue weighted by atomic mass is 19.1. The van der Waals surface area contributed by atoms with Crippen molar-refractivity contribution in [3.8, 4) is 5.75 Å². The third kappa shape index (κ3) is 9.16. The molecule has 0 aliphatic carbocycles. The molecule has 2 aliphatic heterocycles. The molecule has 1 aromatic carbocycles. The quantitative estimate of drug-likeness (QED) is 0.250. The molecule has 2 aliphatic rings. The Morgan fingerprint density at radius 3 is 2.41 bits per heavy atom. The van der Waals surface area contributed by atoms with Crippen LogP contribution in [0, 0.1) is 23.6 Å². The monoisotopic (exact) mass is 656 g/mol. The summed E-state index contributed by atoms with van der Waals surface area (Å²) in [4.78, 5) is 13.4. The van der Waals surface area contributed by atoms with Crippen molar-refractivity contribution in [3.63, 3.8) is 0 Å². The second-order valence-electron chi connectivity index (χ2n) is 14.0. The summed E-state index contributed by atoms with van der Waals surface area (Å²) in [5.41, 5.74) is -3.32. The van der Waals surface area contributed by atoms with Crippen LogP contribution in [0.5, 0.6) is 5.75 Å². The summed E-state index contributed by atoms with van der Waals surface area (Å²) in [6.45, 7) is 14.0. The molecule has 0 amide bonds. The Balaban J connectivity index is 2.01. The smallest absolute Gasteiger partial charge is 0.311 e. The molecule has 0 radical (unpaired) electrons. The minimum atomic E-state index is -1.77. The first-order valence-electron chi connectivity index (χ1n) is 16.6. The van der Waals surface area contributed by atoms with Crippen LogP contribution in [-0.4, -0.2) is 106 Å². The maximum atomic E-state index is 14.1. The van der Waals surface area contributed by atoms with Crippen LogP contribution < -0.4 is 15.4 Å². The summed E-state index contributed by atoms with van der Waals surface area (Å²) in [5.74, 6) is -2.98. The number of carbonyl (C=O) groups excluding carboxylic acids is 1. The summed E-state index contributed by atoms with van der Waals surface area (Å²) in [5, 5.41) is 52.6. The fraction of sp³-hybridized carbons (Fsp3) is 0.794. The van der Waals surface area contributed by atoms with Crippen molar-refractivity contribution >= 4 is 5.97 Å². The number of aliphatic hydroxyl groups excluding tert-OH is 2. The summed E-state index contributed by atoms with van der Waals surface area (Å²) >= 11 is 0. The predicted molar refractivity (Wildman–Crippen MR) is 170 cm³/mol. The Kier molecular flexibility index (Phi) is 13.4. The highest BCUT2D eigenvalue weighted by Crippen LogP contribution is 2.36. The van der Waals surface area contributed by atoms with Crippen molar-refractivity contribution in [2.24, 2.45) is 17.8 Å². The van der Waals surface area contributed by atoms with Crippen molar-refractivity contribution in [2.45, 2.75) is 141 Å². The molecule has 264 valence electrons. The van der Waals surface area contributed by atoms with Gasteiger partial charge < -0.3 is 50.0 Å². The van der Waals surface area contributed by atoms with Gasteiger partial charge in [-0.05, 0) is 85.5 Å². The summed E-state index contributed by atoms with van der Waals surface area (Å²) in [6, 6.07) is 4.94. The van der Waals surface area contributed by atoms with Gasteiger partial charge in [0.05, 0.1) is 35.9 Å². The van der Waals surface area contributed by atoms with E-state index < -0.39 is 77.7 Å². The molecule has 0 unspecified atom stereocenters. The molecule has 2 fully saturated rings. The average molecular weight is 657 g/mol. The predicted octanol–water partition coefficient (Wildman–Crippen LogP) is 2.52. The molecule has 6 N–H and O–H groups in total. The largest absolute Gasteiger partial charge is 0.483 e. The molecule has 1 aromatic rings. The number of halogens is 1. The van der Waals surface area contributed by atoms with E-state index in [2.05, 4.69) is 10.6 Å². The lowest BCUT2D eigenvalue weighted by atomic mass is 9.78. The van der Waals surface area contributed by atoms with Crippen LogP contribution in [0.2, 0.25) is 0 Å². The lowest BCUT2D eigenvalue weighted by Gasteiger charge is -2.46. The molecule has 14 atom stereocenters. The third-order valence-corrected chi connectivity index (χ3v) is 9.75. The highest BCUT2D eigenvalue weighted by molar-refractivity contribution is 5.73. The molecule has 0 bridgehead atoms. The maximum absolute atomic E-state index is 14.1. The van der Waals surface area contributed by atoms with Gasteiger partial charge in [-0.25, -0.2) is 4.39 Å². The van der Waals surface area contributed by atoms with E-state index in [0.717, 1.165) is 0 Å². The SMILES string of the molecule is CC[C@H]1OC(=O)[C@H](C)[C@@H](O)[C@H](C)[C@@H](O[C@@H]2O[C@H](C)C[C@H](NC)[C@H]2Oc2cccc(F)c2)[C@](C)(O)C[C@@H](C)CN[C@H](C)[C@@H](O)[C@]1(C)O. The van der Waals surface area contributed by atoms with E-state index in [1.807, 2.05) is 13.8 Å². The number of rotatable bonds is 6. The molecule has 3 rings (SSSR count).